The van der Waals surface area contributed by atoms with Crippen LogP contribution < -0.4 is 0 Å². The molecule has 2 fully saturated rings. The normalized spacial score (nSPS) is 28.0. The molecule has 2 bridgehead atoms. The highest BCUT2D eigenvalue weighted by molar-refractivity contribution is 5.21. The fraction of sp³-hybridized carbons (Fsp3) is 0.600. The first-order valence-electron chi connectivity index (χ1n) is 11.0. The quantitative estimate of drug-likeness (QED) is 0.428. The van der Waals surface area contributed by atoms with E-state index in [0.717, 1.165) is 44.9 Å². The van der Waals surface area contributed by atoms with E-state index in [4.69, 9.17) is 9.84 Å². The third-order valence-electron chi connectivity index (χ3n) is 6.25. The molecular formula is C25H36O3. The van der Waals surface area contributed by atoms with Crippen LogP contribution in [0.5, 0.6) is 0 Å². The van der Waals surface area contributed by atoms with Gasteiger partial charge in [-0.15, -0.1) is 0 Å². The Labute approximate surface area is 170 Å². The molecule has 0 amide bonds. The molecule has 0 aliphatic carbocycles. The van der Waals surface area contributed by atoms with E-state index < -0.39 is 6.10 Å². The molecule has 1 aromatic rings. The lowest BCUT2D eigenvalue weighted by atomic mass is 9.77. The summed E-state index contributed by atoms with van der Waals surface area (Å²) in [5.41, 5.74) is 2.56. The van der Waals surface area contributed by atoms with Crippen LogP contribution in [-0.2, 0) is 11.2 Å². The summed E-state index contributed by atoms with van der Waals surface area (Å²) in [6.07, 6.45) is 17.1. The van der Waals surface area contributed by atoms with Crippen molar-refractivity contribution in [2.24, 2.45) is 11.8 Å². The summed E-state index contributed by atoms with van der Waals surface area (Å²) in [5.74, 6) is 0.961. The van der Waals surface area contributed by atoms with Crippen LogP contribution in [0, 0.1) is 18.8 Å². The van der Waals surface area contributed by atoms with Crippen molar-refractivity contribution < 1.29 is 14.9 Å². The fourth-order valence-electron chi connectivity index (χ4n) is 4.55. The topological polar surface area (TPSA) is 49.7 Å². The van der Waals surface area contributed by atoms with Crippen LogP contribution in [0.1, 0.15) is 56.1 Å². The van der Waals surface area contributed by atoms with Crippen molar-refractivity contribution in [3.8, 4) is 0 Å². The van der Waals surface area contributed by atoms with Gasteiger partial charge in [-0.25, -0.2) is 0 Å². The van der Waals surface area contributed by atoms with Crippen LogP contribution in [0.4, 0.5) is 0 Å². The van der Waals surface area contributed by atoms with Crippen molar-refractivity contribution in [2.75, 3.05) is 6.61 Å². The number of benzene rings is 1. The van der Waals surface area contributed by atoms with Crippen molar-refractivity contribution in [3.05, 3.63) is 59.7 Å². The Kier molecular flexibility index (Phi) is 8.32. The molecule has 2 aliphatic heterocycles. The molecule has 0 aromatic heterocycles. The number of ether oxygens (including phenoxy) is 1. The molecule has 2 aliphatic rings. The third-order valence-corrected chi connectivity index (χ3v) is 6.25. The van der Waals surface area contributed by atoms with E-state index in [9.17, 15) is 5.11 Å². The molecule has 2 heterocycles. The molecule has 3 nitrogen and oxygen atoms in total. The third kappa shape index (κ3) is 6.04. The number of aliphatic hydroxyl groups is 2. The van der Waals surface area contributed by atoms with Gasteiger partial charge < -0.3 is 14.9 Å². The zero-order valence-electron chi connectivity index (χ0n) is 17.2. The standard InChI is InChI=1S/C25H36O3/c1-19-8-10-20(11-9-19)12-13-21(27)14-15-23-22(24-16-17-25(23)28-24)7-5-3-2-4-6-18-26/h3,5,8-11,14-15,21-27H,2,4,6-7,12-13,16-18H2,1H3/t21-,22+,23?,24+,25+/m0/s1. The molecule has 5 atom stereocenters. The van der Waals surface area contributed by atoms with Gasteiger partial charge in [0.05, 0.1) is 18.3 Å². The van der Waals surface area contributed by atoms with Crippen LogP contribution in [0.25, 0.3) is 0 Å². The van der Waals surface area contributed by atoms with E-state index in [0.29, 0.717) is 24.0 Å². The summed E-state index contributed by atoms with van der Waals surface area (Å²) in [6, 6.07) is 8.56. The van der Waals surface area contributed by atoms with Gasteiger partial charge in [0, 0.05) is 12.5 Å². The maximum Gasteiger partial charge on any atom is 0.0724 e. The number of aryl methyl sites for hydroxylation is 2. The summed E-state index contributed by atoms with van der Waals surface area (Å²) < 4.78 is 6.17. The van der Waals surface area contributed by atoms with Gasteiger partial charge in [0.15, 0.2) is 0 Å². The highest BCUT2D eigenvalue weighted by Crippen LogP contribution is 2.45. The highest BCUT2D eigenvalue weighted by Gasteiger charge is 2.46. The zero-order valence-corrected chi connectivity index (χ0v) is 17.2. The van der Waals surface area contributed by atoms with E-state index in [1.165, 1.54) is 17.5 Å². The Morgan fingerprint density at radius 3 is 2.68 bits per heavy atom. The van der Waals surface area contributed by atoms with Crippen molar-refractivity contribution in [2.45, 2.75) is 76.6 Å². The minimum absolute atomic E-state index is 0.285. The summed E-state index contributed by atoms with van der Waals surface area (Å²) >= 11 is 0. The van der Waals surface area contributed by atoms with Gasteiger partial charge >= 0.3 is 0 Å². The molecular weight excluding hydrogens is 348 g/mol. The van der Waals surface area contributed by atoms with Crippen molar-refractivity contribution in [1.82, 2.24) is 0 Å². The summed E-state index contributed by atoms with van der Waals surface area (Å²) in [7, 11) is 0. The average molecular weight is 385 g/mol. The molecule has 0 saturated carbocycles. The molecule has 3 rings (SSSR count). The lowest BCUT2D eigenvalue weighted by Crippen LogP contribution is -2.25. The molecule has 0 radical (unpaired) electrons. The maximum atomic E-state index is 10.4. The van der Waals surface area contributed by atoms with E-state index in [-0.39, 0.29) is 6.61 Å². The van der Waals surface area contributed by atoms with Crippen molar-refractivity contribution in [1.29, 1.82) is 0 Å². The van der Waals surface area contributed by atoms with Gasteiger partial charge in [0.2, 0.25) is 0 Å². The minimum atomic E-state index is -0.393. The van der Waals surface area contributed by atoms with Gasteiger partial charge in [-0.2, -0.15) is 0 Å². The van der Waals surface area contributed by atoms with Crippen LogP contribution in [0.15, 0.2) is 48.6 Å². The summed E-state index contributed by atoms with van der Waals surface area (Å²) in [6.45, 7) is 2.38. The molecule has 2 N–H and O–H groups in total. The largest absolute Gasteiger partial charge is 0.396 e. The lowest BCUT2D eigenvalue weighted by Gasteiger charge is -2.25. The minimum Gasteiger partial charge on any atom is -0.396 e. The number of hydrogen-bond acceptors (Lipinski definition) is 3. The Bertz CT molecular complexity index is 634. The number of unbranched alkanes of at least 4 members (excludes halogenated alkanes) is 2. The van der Waals surface area contributed by atoms with Crippen LogP contribution in [0.2, 0.25) is 0 Å². The number of rotatable bonds is 11. The van der Waals surface area contributed by atoms with Crippen molar-refractivity contribution in [3.63, 3.8) is 0 Å². The predicted octanol–water partition coefficient (Wildman–Crippen LogP) is 4.75. The lowest BCUT2D eigenvalue weighted by molar-refractivity contribution is 0.0899. The van der Waals surface area contributed by atoms with Crippen LogP contribution in [-0.4, -0.2) is 35.1 Å². The monoisotopic (exact) mass is 384 g/mol. The number of allylic oxidation sites excluding steroid dienone is 2. The maximum absolute atomic E-state index is 10.4. The molecule has 2 saturated heterocycles. The first-order chi connectivity index (χ1) is 13.7. The van der Waals surface area contributed by atoms with Crippen molar-refractivity contribution >= 4 is 0 Å². The van der Waals surface area contributed by atoms with E-state index in [1.54, 1.807) is 0 Å². The average Bonchev–Trinajstić information content (AvgIpc) is 3.30. The predicted molar refractivity (Wildman–Crippen MR) is 114 cm³/mol. The molecule has 154 valence electrons. The Morgan fingerprint density at radius 1 is 1.11 bits per heavy atom. The van der Waals surface area contributed by atoms with Crippen LogP contribution >= 0.6 is 0 Å². The number of aliphatic hydroxyl groups excluding tert-OH is 2. The highest BCUT2D eigenvalue weighted by atomic mass is 16.5. The first-order valence-corrected chi connectivity index (χ1v) is 11.0. The Hall–Kier alpha value is -1.42. The van der Waals surface area contributed by atoms with Gasteiger partial charge in [-0.1, -0.05) is 54.1 Å². The molecule has 3 heteroatoms. The Morgan fingerprint density at radius 2 is 1.89 bits per heavy atom. The zero-order chi connectivity index (χ0) is 19.8. The molecule has 1 aromatic carbocycles. The summed E-state index contributed by atoms with van der Waals surface area (Å²) in [4.78, 5) is 0. The van der Waals surface area contributed by atoms with E-state index >= 15 is 0 Å². The first kappa shape index (κ1) is 21.3. The summed E-state index contributed by atoms with van der Waals surface area (Å²) in [5, 5.41) is 19.3. The van der Waals surface area contributed by atoms with E-state index in [2.05, 4.69) is 49.4 Å². The van der Waals surface area contributed by atoms with Crippen LogP contribution in [0.3, 0.4) is 0 Å². The smallest absolute Gasteiger partial charge is 0.0724 e. The molecule has 0 spiro atoms. The SMILES string of the molecule is Cc1ccc(CC[C@H](O)C=CC2[C@@H](CC=CCCCCO)[C@H]3CC[C@H]2O3)cc1. The second-order valence-electron chi connectivity index (χ2n) is 8.43. The Balaban J connectivity index is 1.47. The van der Waals surface area contributed by atoms with Gasteiger partial charge in [0.1, 0.15) is 0 Å². The fourth-order valence-corrected chi connectivity index (χ4v) is 4.55. The van der Waals surface area contributed by atoms with Gasteiger partial charge in [-0.3, -0.25) is 0 Å². The number of fused-ring (bicyclic) bond motifs is 2. The molecule has 28 heavy (non-hydrogen) atoms. The second-order valence-corrected chi connectivity index (χ2v) is 8.43. The second kappa shape index (κ2) is 10.9. The molecule has 1 unspecified atom stereocenters. The van der Waals surface area contributed by atoms with Gasteiger partial charge in [0.25, 0.3) is 0 Å². The van der Waals surface area contributed by atoms with Gasteiger partial charge in [-0.05, 0) is 69.8 Å². The number of hydrogen-bond donors (Lipinski definition) is 2. The van der Waals surface area contributed by atoms with E-state index in [1.807, 2.05) is 6.08 Å².